The molecule has 108 valence electrons. The second-order valence-electron chi connectivity index (χ2n) is 5.33. The molecule has 1 aliphatic rings. The second kappa shape index (κ2) is 6.66. The third kappa shape index (κ3) is 3.90. The third-order valence-electron chi connectivity index (χ3n) is 3.72. The molecule has 2 atom stereocenters. The lowest BCUT2D eigenvalue weighted by atomic mass is 9.96. The van der Waals surface area contributed by atoms with Crippen molar-refractivity contribution in [3.8, 4) is 0 Å². The fourth-order valence-corrected chi connectivity index (χ4v) is 2.31. The fraction of sp³-hybridized carbons (Fsp3) is 0.438. The molecule has 0 aliphatic carbocycles. The standard InChI is InChI=1S/C16H20FNO2/c1-12-8-9-18(11-15(12)19)16(20)7-3-5-13-4-2-6-14(17)10-13/h2-6,10,12,15,19H,7-9,11H2,1H3/b5-3+. The maximum atomic E-state index is 13.0. The maximum Gasteiger partial charge on any atom is 0.226 e. The average molecular weight is 277 g/mol. The summed E-state index contributed by atoms with van der Waals surface area (Å²) < 4.78 is 13.0. The summed E-state index contributed by atoms with van der Waals surface area (Å²) >= 11 is 0. The Labute approximate surface area is 118 Å². The number of hydrogen-bond donors (Lipinski definition) is 1. The van der Waals surface area contributed by atoms with Gasteiger partial charge in [0.15, 0.2) is 0 Å². The van der Waals surface area contributed by atoms with Crippen LogP contribution in [-0.2, 0) is 4.79 Å². The lowest BCUT2D eigenvalue weighted by Crippen LogP contribution is -2.45. The summed E-state index contributed by atoms with van der Waals surface area (Å²) in [4.78, 5) is 13.7. The summed E-state index contributed by atoms with van der Waals surface area (Å²) in [6, 6.07) is 6.24. The number of aliphatic hydroxyl groups excluding tert-OH is 1. The zero-order valence-electron chi connectivity index (χ0n) is 11.6. The van der Waals surface area contributed by atoms with Crippen molar-refractivity contribution in [3.05, 3.63) is 41.7 Å². The molecular formula is C16H20FNO2. The molecule has 0 aromatic heterocycles. The van der Waals surface area contributed by atoms with Crippen LogP contribution in [-0.4, -0.2) is 35.1 Å². The molecule has 0 saturated carbocycles. The quantitative estimate of drug-likeness (QED) is 0.922. The van der Waals surface area contributed by atoms with Crippen LogP contribution >= 0.6 is 0 Å². The molecule has 0 radical (unpaired) electrons. The molecule has 1 heterocycles. The van der Waals surface area contributed by atoms with Crippen molar-refractivity contribution in [2.75, 3.05) is 13.1 Å². The van der Waals surface area contributed by atoms with E-state index in [0.29, 0.717) is 13.1 Å². The normalized spacial score (nSPS) is 23.2. The molecular weight excluding hydrogens is 257 g/mol. The van der Waals surface area contributed by atoms with Crippen LogP contribution in [0.15, 0.2) is 30.3 Å². The number of carbonyl (C=O) groups is 1. The smallest absolute Gasteiger partial charge is 0.226 e. The highest BCUT2D eigenvalue weighted by Crippen LogP contribution is 2.17. The summed E-state index contributed by atoms with van der Waals surface area (Å²) in [5.41, 5.74) is 0.741. The SMILES string of the molecule is CC1CCN(C(=O)C/C=C/c2cccc(F)c2)CC1O. The van der Waals surface area contributed by atoms with Crippen molar-refractivity contribution >= 4 is 12.0 Å². The van der Waals surface area contributed by atoms with Gasteiger partial charge in [0.2, 0.25) is 5.91 Å². The number of carbonyl (C=O) groups excluding carboxylic acids is 1. The first-order valence-electron chi connectivity index (χ1n) is 6.94. The van der Waals surface area contributed by atoms with Crippen molar-refractivity contribution in [2.45, 2.75) is 25.9 Å². The van der Waals surface area contributed by atoms with Gasteiger partial charge >= 0.3 is 0 Å². The van der Waals surface area contributed by atoms with Crippen LogP contribution in [0.3, 0.4) is 0 Å². The molecule has 2 rings (SSSR count). The Balaban J connectivity index is 1.86. The summed E-state index contributed by atoms with van der Waals surface area (Å²) in [6.45, 7) is 3.11. The van der Waals surface area contributed by atoms with Crippen LogP contribution in [0.1, 0.15) is 25.3 Å². The summed E-state index contributed by atoms with van der Waals surface area (Å²) in [5, 5.41) is 9.78. The molecule has 1 aromatic carbocycles. The van der Waals surface area contributed by atoms with E-state index >= 15 is 0 Å². The zero-order chi connectivity index (χ0) is 14.5. The topological polar surface area (TPSA) is 40.5 Å². The van der Waals surface area contributed by atoms with Gasteiger partial charge in [-0.25, -0.2) is 4.39 Å². The Morgan fingerprint density at radius 2 is 2.35 bits per heavy atom. The van der Waals surface area contributed by atoms with Crippen LogP contribution in [0.4, 0.5) is 4.39 Å². The van der Waals surface area contributed by atoms with Gasteiger partial charge < -0.3 is 10.0 Å². The summed E-state index contributed by atoms with van der Waals surface area (Å²) in [7, 11) is 0. The van der Waals surface area contributed by atoms with E-state index < -0.39 is 6.10 Å². The highest BCUT2D eigenvalue weighted by atomic mass is 19.1. The first-order valence-corrected chi connectivity index (χ1v) is 6.94. The molecule has 1 aliphatic heterocycles. The first-order chi connectivity index (χ1) is 9.56. The molecule has 4 heteroatoms. The van der Waals surface area contributed by atoms with Gasteiger partial charge in [0.1, 0.15) is 5.82 Å². The minimum atomic E-state index is -0.431. The van der Waals surface area contributed by atoms with Crippen LogP contribution in [0.25, 0.3) is 6.08 Å². The Morgan fingerprint density at radius 1 is 1.55 bits per heavy atom. The number of β-amino-alcohol motifs (C(OH)–C–C–N with tert-alkyl or cyclic N) is 1. The van der Waals surface area contributed by atoms with Gasteiger partial charge in [-0.1, -0.05) is 31.2 Å². The van der Waals surface area contributed by atoms with Crippen molar-refractivity contribution in [3.63, 3.8) is 0 Å². The van der Waals surface area contributed by atoms with Gasteiger partial charge in [-0.3, -0.25) is 4.79 Å². The van der Waals surface area contributed by atoms with E-state index in [0.717, 1.165) is 12.0 Å². The summed E-state index contributed by atoms with van der Waals surface area (Å²) in [6.07, 6.45) is 4.16. The van der Waals surface area contributed by atoms with Crippen molar-refractivity contribution < 1.29 is 14.3 Å². The van der Waals surface area contributed by atoms with E-state index in [2.05, 4.69) is 0 Å². The average Bonchev–Trinajstić information content (AvgIpc) is 2.42. The molecule has 3 nitrogen and oxygen atoms in total. The van der Waals surface area contributed by atoms with E-state index in [4.69, 9.17) is 0 Å². The number of piperidine rings is 1. The first kappa shape index (κ1) is 14.7. The number of hydrogen-bond acceptors (Lipinski definition) is 2. The predicted octanol–water partition coefficient (Wildman–Crippen LogP) is 2.46. The number of halogens is 1. The molecule has 0 spiro atoms. The van der Waals surface area contributed by atoms with Crippen molar-refractivity contribution in [2.24, 2.45) is 5.92 Å². The van der Waals surface area contributed by atoms with Gasteiger partial charge in [0.25, 0.3) is 0 Å². The van der Waals surface area contributed by atoms with E-state index in [1.165, 1.54) is 12.1 Å². The van der Waals surface area contributed by atoms with Crippen LogP contribution in [0, 0.1) is 11.7 Å². The largest absolute Gasteiger partial charge is 0.391 e. The van der Waals surface area contributed by atoms with E-state index in [-0.39, 0.29) is 24.1 Å². The zero-order valence-corrected chi connectivity index (χ0v) is 11.6. The Kier molecular flexibility index (Phi) is 4.90. The van der Waals surface area contributed by atoms with Crippen molar-refractivity contribution in [1.82, 2.24) is 4.90 Å². The van der Waals surface area contributed by atoms with Gasteiger partial charge in [0.05, 0.1) is 6.10 Å². The second-order valence-corrected chi connectivity index (χ2v) is 5.33. The molecule has 0 bridgehead atoms. The van der Waals surface area contributed by atoms with Crippen LogP contribution in [0.2, 0.25) is 0 Å². The van der Waals surface area contributed by atoms with Gasteiger partial charge in [-0.2, -0.15) is 0 Å². The van der Waals surface area contributed by atoms with E-state index in [1.54, 1.807) is 29.2 Å². The lowest BCUT2D eigenvalue weighted by Gasteiger charge is -2.34. The molecule has 1 amide bonds. The number of rotatable bonds is 3. The maximum absolute atomic E-state index is 13.0. The van der Waals surface area contributed by atoms with Crippen molar-refractivity contribution in [1.29, 1.82) is 0 Å². The molecule has 1 aromatic rings. The fourth-order valence-electron chi connectivity index (χ4n) is 2.31. The van der Waals surface area contributed by atoms with E-state index in [9.17, 15) is 14.3 Å². The highest BCUT2D eigenvalue weighted by molar-refractivity contribution is 5.78. The minimum absolute atomic E-state index is 0.00334. The molecule has 1 N–H and O–H groups in total. The van der Waals surface area contributed by atoms with E-state index in [1.807, 2.05) is 6.92 Å². The number of benzene rings is 1. The Morgan fingerprint density at radius 3 is 3.05 bits per heavy atom. The van der Waals surface area contributed by atoms with Gasteiger partial charge in [0, 0.05) is 19.5 Å². The molecule has 2 unspecified atom stereocenters. The third-order valence-corrected chi connectivity index (χ3v) is 3.72. The van der Waals surface area contributed by atoms with Crippen LogP contribution in [0.5, 0.6) is 0 Å². The van der Waals surface area contributed by atoms with Crippen LogP contribution < -0.4 is 0 Å². The monoisotopic (exact) mass is 277 g/mol. The Bertz CT molecular complexity index is 501. The predicted molar refractivity (Wildman–Crippen MR) is 76.4 cm³/mol. The lowest BCUT2D eigenvalue weighted by molar-refractivity contribution is -0.134. The number of likely N-dealkylation sites (tertiary alicyclic amines) is 1. The van der Waals surface area contributed by atoms with Gasteiger partial charge in [-0.15, -0.1) is 0 Å². The Hall–Kier alpha value is -1.68. The van der Waals surface area contributed by atoms with Gasteiger partial charge in [-0.05, 0) is 30.0 Å². The molecule has 1 saturated heterocycles. The molecule has 20 heavy (non-hydrogen) atoms. The summed E-state index contributed by atoms with van der Waals surface area (Å²) in [5.74, 6) is -0.0305. The number of amides is 1. The minimum Gasteiger partial charge on any atom is -0.391 e. The number of aliphatic hydroxyl groups is 1. The molecule has 1 fully saturated rings. The number of nitrogens with zero attached hydrogens (tertiary/aromatic N) is 1. The highest BCUT2D eigenvalue weighted by Gasteiger charge is 2.26.